The first-order valence-electron chi connectivity index (χ1n) is 7.69. The maximum absolute atomic E-state index is 13.1. The molecule has 0 aliphatic heterocycles. The smallest absolute Gasteiger partial charge is 0.198 e. The van der Waals surface area contributed by atoms with Gasteiger partial charge >= 0.3 is 0 Å². The lowest BCUT2D eigenvalue weighted by Crippen LogP contribution is -2.13. The second-order valence-corrected chi connectivity index (χ2v) is 6.53. The van der Waals surface area contributed by atoms with Gasteiger partial charge in [-0.1, -0.05) is 41.4 Å². The highest BCUT2D eigenvalue weighted by Crippen LogP contribution is 2.26. The molecule has 2 aromatic carbocycles. The molecule has 0 N–H and O–H groups in total. The van der Waals surface area contributed by atoms with Crippen LogP contribution in [-0.4, -0.2) is 45.0 Å². The Labute approximate surface area is 160 Å². The molecule has 3 rings (SSSR count). The van der Waals surface area contributed by atoms with Gasteiger partial charge in [-0.05, 0) is 40.8 Å². The summed E-state index contributed by atoms with van der Waals surface area (Å²) >= 11 is 12.0. The van der Waals surface area contributed by atoms with E-state index in [2.05, 4.69) is 15.5 Å². The van der Waals surface area contributed by atoms with E-state index in [0.717, 1.165) is 5.69 Å². The second-order valence-electron chi connectivity index (χ2n) is 5.71. The van der Waals surface area contributed by atoms with Gasteiger partial charge < -0.3 is 4.90 Å². The van der Waals surface area contributed by atoms with E-state index in [0.29, 0.717) is 27.0 Å². The van der Waals surface area contributed by atoms with Crippen molar-refractivity contribution in [3.63, 3.8) is 0 Å². The third kappa shape index (κ3) is 3.76. The summed E-state index contributed by atoms with van der Waals surface area (Å²) in [6, 6.07) is 14.1. The molecule has 0 aliphatic rings. The Morgan fingerprint density at radius 1 is 1.08 bits per heavy atom. The Balaban J connectivity index is 2.10. The Bertz CT molecular complexity index is 967. The largest absolute Gasteiger partial charge is 0.383 e. The van der Waals surface area contributed by atoms with Crippen LogP contribution in [-0.2, 0) is 0 Å². The minimum atomic E-state index is -0.260. The summed E-state index contributed by atoms with van der Waals surface area (Å²) in [6.07, 6.45) is 1.68. The molecule has 0 amide bonds. The van der Waals surface area contributed by atoms with Crippen LogP contribution in [0.25, 0.3) is 11.3 Å². The molecule has 1 aromatic heterocycles. The van der Waals surface area contributed by atoms with E-state index in [9.17, 15) is 4.79 Å². The van der Waals surface area contributed by atoms with Crippen molar-refractivity contribution in [2.75, 3.05) is 14.1 Å². The minimum absolute atomic E-state index is 0.260. The number of aromatic nitrogens is 4. The van der Waals surface area contributed by atoms with Gasteiger partial charge in [0.15, 0.2) is 11.6 Å². The number of hydrogen-bond acceptors (Lipinski definition) is 5. The summed E-state index contributed by atoms with van der Waals surface area (Å²) in [5, 5.41) is 12.5. The zero-order chi connectivity index (χ0) is 18.7. The maximum Gasteiger partial charge on any atom is 0.198 e. The number of halogens is 2. The third-order valence-electron chi connectivity index (χ3n) is 3.52. The number of carbonyl (C=O) groups excluding carboxylic acids is 1. The van der Waals surface area contributed by atoms with Gasteiger partial charge in [-0.15, -0.1) is 5.10 Å². The van der Waals surface area contributed by atoms with Crippen LogP contribution in [0.15, 0.2) is 54.7 Å². The lowest BCUT2D eigenvalue weighted by atomic mass is 10.0. The average molecular weight is 388 g/mol. The van der Waals surface area contributed by atoms with Crippen LogP contribution in [0.4, 0.5) is 0 Å². The van der Waals surface area contributed by atoms with Crippen LogP contribution in [0.2, 0.25) is 10.0 Å². The summed E-state index contributed by atoms with van der Waals surface area (Å²) < 4.78 is 1.52. The van der Waals surface area contributed by atoms with Crippen LogP contribution < -0.4 is 0 Å². The van der Waals surface area contributed by atoms with Crippen LogP contribution in [0.1, 0.15) is 16.2 Å². The van der Waals surface area contributed by atoms with Gasteiger partial charge in [0.05, 0.1) is 21.3 Å². The number of Topliss-reactive ketones (excluding diaryl/α,β-unsaturated/α-hetero) is 1. The van der Waals surface area contributed by atoms with Crippen molar-refractivity contribution < 1.29 is 4.79 Å². The molecule has 8 heteroatoms. The number of carbonyl (C=O) groups is 1. The molecule has 0 unspecified atom stereocenters. The van der Waals surface area contributed by atoms with Crippen LogP contribution in [0, 0.1) is 0 Å². The van der Waals surface area contributed by atoms with E-state index in [-0.39, 0.29) is 5.78 Å². The molecule has 132 valence electrons. The number of tetrazole rings is 1. The molecule has 0 aliphatic carbocycles. The Kier molecular flexibility index (Phi) is 5.35. The number of hydrogen-bond donors (Lipinski definition) is 0. The fraction of sp³-hybridized carbons (Fsp3) is 0.111. The standard InChI is InChI=1S/C18H15Cl2N5O/c1-24(2)11-14(17(26)12-8-9-15(19)16(20)10-12)18-21-22-23-25(18)13-6-4-3-5-7-13/h3-11H,1-2H3/b14-11+. The van der Waals surface area contributed by atoms with Gasteiger partial charge in [0, 0.05) is 25.9 Å². The normalized spacial score (nSPS) is 11.5. The number of nitrogens with zero attached hydrogens (tertiary/aromatic N) is 5. The van der Waals surface area contributed by atoms with Crippen LogP contribution >= 0.6 is 23.2 Å². The highest BCUT2D eigenvalue weighted by molar-refractivity contribution is 6.42. The fourth-order valence-corrected chi connectivity index (χ4v) is 2.67. The predicted octanol–water partition coefficient (Wildman–Crippen LogP) is 3.75. The Morgan fingerprint density at radius 2 is 1.81 bits per heavy atom. The van der Waals surface area contributed by atoms with Crippen molar-refractivity contribution in [1.82, 2.24) is 25.1 Å². The zero-order valence-electron chi connectivity index (χ0n) is 14.1. The molecule has 6 nitrogen and oxygen atoms in total. The van der Waals surface area contributed by atoms with E-state index in [1.807, 2.05) is 44.4 Å². The summed E-state index contributed by atoms with van der Waals surface area (Å²) in [4.78, 5) is 14.9. The summed E-state index contributed by atoms with van der Waals surface area (Å²) in [5.74, 6) is 0.0743. The first-order valence-corrected chi connectivity index (χ1v) is 8.45. The number of ketones is 1. The molecule has 1 heterocycles. The van der Waals surface area contributed by atoms with Gasteiger partial charge in [-0.2, -0.15) is 4.68 Å². The molecule has 26 heavy (non-hydrogen) atoms. The Hall–Kier alpha value is -2.70. The van der Waals surface area contributed by atoms with Crippen molar-refractivity contribution in [3.8, 4) is 5.69 Å². The predicted molar refractivity (Wildman–Crippen MR) is 102 cm³/mol. The lowest BCUT2D eigenvalue weighted by molar-refractivity contribution is 0.105. The number of rotatable bonds is 5. The summed E-state index contributed by atoms with van der Waals surface area (Å²) in [6.45, 7) is 0. The van der Waals surface area contributed by atoms with Gasteiger partial charge in [-0.3, -0.25) is 4.79 Å². The topological polar surface area (TPSA) is 63.9 Å². The van der Waals surface area contributed by atoms with Crippen molar-refractivity contribution in [2.24, 2.45) is 0 Å². The monoisotopic (exact) mass is 387 g/mol. The van der Waals surface area contributed by atoms with Gasteiger partial charge in [0.1, 0.15) is 0 Å². The Morgan fingerprint density at radius 3 is 2.46 bits per heavy atom. The van der Waals surface area contributed by atoms with E-state index in [1.165, 1.54) is 10.7 Å². The molecule has 0 radical (unpaired) electrons. The van der Waals surface area contributed by atoms with Crippen LogP contribution in [0.3, 0.4) is 0 Å². The number of allylic oxidation sites excluding steroid dienone is 1. The van der Waals surface area contributed by atoms with Crippen molar-refractivity contribution in [2.45, 2.75) is 0 Å². The molecule has 0 spiro atoms. The summed E-state index contributed by atoms with van der Waals surface area (Å²) in [7, 11) is 3.64. The minimum Gasteiger partial charge on any atom is -0.383 e. The van der Waals surface area contributed by atoms with Crippen molar-refractivity contribution >= 4 is 34.6 Å². The second kappa shape index (κ2) is 7.68. The van der Waals surface area contributed by atoms with Gasteiger partial charge in [0.25, 0.3) is 0 Å². The van der Waals surface area contributed by atoms with E-state index < -0.39 is 0 Å². The van der Waals surface area contributed by atoms with Crippen molar-refractivity contribution in [3.05, 3.63) is 76.2 Å². The number of para-hydroxylation sites is 1. The quantitative estimate of drug-likeness (QED) is 0.492. The average Bonchev–Trinajstić information content (AvgIpc) is 3.11. The molecule has 0 bridgehead atoms. The highest BCUT2D eigenvalue weighted by atomic mass is 35.5. The fourth-order valence-electron chi connectivity index (χ4n) is 2.37. The highest BCUT2D eigenvalue weighted by Gasteiger charge is 2.22. The molecular weight excluding hydrogens is 373 g/mol. The maximum atomic E-state index is 13.1. The molecule has 0 saturated carbocycles. The molecule has 0 fully saturated rings. The number of benzene rings is 2. The molecular formula is C18H15Cl2N5O. The molecule has 0 saturated heterocycles. The molecule has 3 aromatic rings. The van der Waals surface area contributed by atoms with Crippen molar-refractivity contribution in [1.29, 1.82) is 0 Å². The van der Waals surface area contributed by atoms with E-state index >= 15 is 0 Å². The zero-order valence-corrected chi connectivity index (χ0v) is 15.6. The molecule has 0 atom stereocenters. The van der Waals surface area contributed by atoms with E-state index in [4.69, 9.17) is 23.2 Å². The van der Waals surface area contributed by atoms with Gasteiger partial charge in [0.2, 0.25) is 0 Å². The van der Waals surface area contributed by atoms with Gasteiger partial charge in [-0.25, -0.2) is 0 Å². The third-order valence-corrected chi connectivity index (χ3v) is 4.26. The van der Waals surface area contributed by atoms with Crippen LogP contribution in [0.5, 0.6) is 0 Å². The first kappa shape index (κ1) is 18.1. The summed E-state index contributed by atoms with van der Waals surface area (Å²) in [5.41, 5.74) is 1.48. The first-order chi connectivity index (χ1) is 12.5. The van der Waals surface area contributed by atoms with E-state index in [1.54, 1.807) is 23.2 Å². The lowest BCUT2D eigenvalue weighted by Gasteiger charge is -2.12. The SMILES string of the molecule is CN(C)/C=C(\C(=O)c1ccc(Cl)c(Cl)c1)c1nnnn1-c1ccccc1.